The molecule has 1 atom stereocenters. The third-order valence-electron chi connectivity index (χ3n) is 3.86. The minimum absolute atomic E-state index is 0.0387. The Labute approximate surface area is 121 Å². The molecule has 2 N–H and O–H groups in total. The number of carbonyl (C=O) groups excluding carboxylic acids is 1. The third-order valence-corrected chi connectivity index (χ3v) is 3.86. The summed E-state index contributed by atoms with van der Waals surface area (Å²) in [4.78, 5) is 25.0. The van der Waals surface area contributed by atoms with E-state index in [4.69, 9.17) is 5.11 Å². The number of carboxylic acids is 1. The number of hydrogen-bond acceptors (Lipinski definition) is 2. The molecule has 20 heavy (non-hydrogen) atoms. The van der Waals surface area contributed by atoms with Crippen LogP contribution in [0.25, 0.3) is 0 Å². The lowest BCUT2D eigenvalue weighted by atomic mass is 10.1. The van der Waals surface area contributed by atoms with Gasteiger partial charge in [0.05, 0.1) is 5.92 Å². The van der Waals surface area contributed by atoms with Crippen molar-refractivity contribution >= 4 is 12.0 Å². The molecule has 1 fully saturated rings. The Morgan fingerprint density at radius 1 is 1.25 bits per heavy atom. The Balaban J connectivity index is 2.44. The van der Waals surface area contributed by atoms with Crippen molar-refractivity contribution in [2.24, 2.45) is 11.8 Å². The standard InChI is InChI=1S/C15H28N2O3/c1-11(2)10-17(13-6-4-5-7-13)15(20)16-9-8-12(3)14(18)19/h11-13H,4-10H2,1-3H3,(H,16,20)(H,18,19). The second-order valence-corrected chi connectivity index (χ2v) is 6.24. The van der Waals surface area contributed by atoms with Crippen molar-refractivity contribution in [3.05, 3.63) is 0 Å². The van der Waals surface area contributed by atoms with E-state index < -0.39 is 11.9 Å². The Morgan fingerprint density at radius 3 is 2.35 bits per heavy atom. The Hall–Kier alpha value is -1.26. The molecule has 5 nitrogen and oxygen atoms in total. The lowest BCUT2D eigenvalue weighted by molar-refractivity contribution is -0.141. The highest BCUT2D eigenvalue weighted by atomic mass is 16.4. The summed E-state index contributed by atoms with van der Waals surface area (Å²) in [6.07, 6.45) is 5.05. The van der Waals surface area contributed by atoms with Gasteiger partial charge in [0.15, 0.2) is 0 Å². The summed E-state index contributed by atoms with van der Waals surface area (Å²) >= 11 is 0. The Morgan fingerprint density at radius 2 is 1.85 bits per heavy atom. The van der Waals surface area contributed by atoms with E-state index in [2.05, 4.69) is 19.2 Å². The summed E-state index contributed by atoms with van der Waals surface area (Å²) in [5, 5.41) is 11.7. The minimum Gasteiger partial charge on any atom is -0.481 e. The van der Waals surface area contributed by atoms with Gasteiger partial charge in [0.25, 0.3) is 0 Å². The molecule has 116 valence electrons. The van der Waals surface area contributed by atoms with Crippen LogP contribution in [0.5, 0.6) is 0 Å². The van der Waals surface area contributed by atoms with Crippen LogP contribution in [-0.2, 0) is 4.79 Å². The molecule has 0 aromatic heterocycles. The van der Waals surface area contributed by atoms with Crippen LogP contribution in [0.1, 0.15) is 52.9 Å². The highest BCUT2D eigenvalue weighted by Crippen LogP contribution is 2.24. The monoisotopic (exact) mass is 284 g/mol. The average molecular weight is 284 g/mol. The zero-order chi connectivity index (χ0) is 15.1. The van der Waals surface area contributed by atoms with Crippen molar-refractivity contribution in [1.29, 1.82) is 0 Å². The molecule has 0 aromatic rings. The van der Waals surface area contributed by atoms with E-state index in [1.807, 2.05) is 4.90 Å². The summed E-state index contributed by atoms with van der Waals surface area (Å²) in [6.45, 7) is 7.08. The second-order valence-electron chi connectivity index (χ2n) is 6.24. The van der Waals surface area contributed by atoms with Crippen LogP contribution in [0.15, 0.2) is 0 Å². The first-order valence-electron chi connectivity index (χ1n) is 7.69. The Kier molecular flexibility index (Phi) is 6.82. The molecular formula is C15H28N2O3. The molecule has 0 radical (unpaired) electrons. The van der Waals surface area contributed by atoms with Crippen LogP contribution >= 0.6 is 0 Å². The van der Waals surface area contributed by atoms with Crippen LogP contribution in [0.4, 0.5) is 4.79 Å². The lowest BCUT2D eigenvalue weighted by Gasteiger charge is -2.30. The molecule has 0 aromatic carbocycles. The number of urea groups is 1. The largest absolute Gasteiger partial charge is 0.481 e. The van der Waals surface area contributed by atoms with E-state index >= 15 is 0 Å². The third kappa shape index (κ3) is 5.39. The average Bonchev–Trinajstić information content (AvgIpc) is 2.88. The smallest absolute Gasteiger partial charge is 0.317 e. The molecule has 1 aliphatic carbocycles. The van der Waals surface area contributed by atoms with E-state index in [9.17, 15) is 9.59 Å². The van der Waals surface area contributed by atoms with Gasteiger partial charge in [0.1, 0.15) is 0 Å². The summed E-state index contributed by atoms with van der Waals surface area (Å²) in [7, 11) is 0. The topological polar surface area (TPSA) is 69.6 Å². The minimum atomic E-state index is -0.811. The van der Waals surface area contributed by atoms with Crippen molar-refractivity contribution in [3.63, 3.8) is 0 Å². The molecule has 0 bridgehead atoms. The summed E-state index contributed by atoms with van der Waals surface area (Å²) in [6, 6.07) is 0.317. The lowest BCUT2D eigenvalue weighted by Crippen LogP contribution is -2.47. The number of nitrogens with one attached hydrogen (secondary N) is 1. The van der Waals surface area contributed by atoms with Crippen LogP contribution in [0.3, 0.4) is 0 Å². The van der Waals surface area contributed by atoms with Gasteiger partial charge in [-0.2, -0.15) is 0 Å². The quantitative estimate of drug-likeness (QED) is 0.755. The van der Waals surface area contributed by atoms with E-state index in [1.54, 1.807) is 6.92 Å². The molecule has 1 rings (SSSR count). The van der Waals surface area contributed by atoms with Crippen molar-refractivity contribution in [1.82, 2.24) is 10.2 Å². The molecule has 5 heteroatoms. The number of hydrogen-bond donors (Lipinski definition) is 2. The number of carbonyl (C=O) groups is 2. The van der Waals surface area contributed by atoms with E-state index in [0.29, 0.717) is 24.9 Å². The summed E-state index contributed by atoms with van der Waals surface area (Å²) in [5.41, 5.74) is 0. The first kappa shape index (κ1) is 16.8. The predicted octanol–water partition coefficient (Wildman–Crippen LogP) is 2.71. The fourth-order valence-electron chi connectivity index (χ4n) is 2.63. The van der Waals surface area contributed by atoms with E-state index in [0.717, 1.165) is 19.4 Å². The first-order chi connectivity index (χ1) is 9.41. The van der Waals surface area contributed by atoms with E-state index in [-0.39, 0.29) is 6.03 Å². The molecule has 1 saturated carbocycles. The van der Waals surface area contributed by atoms with Gasteiger partial charge < -0.3 is 15.3 Å². The molecule has 2 amide bonds. The number of amides is 2. The van der Waals surface area contributed by atoms with Gasteiger partial charge in [0, 0.05) is 19.1 Å². The van der Waals surface area contributed by atoms with Crippen LogP contribution in [0.2, 0.25) is 0 Å². The number of carboxylic acid groups (broad SMARTS) is 1. The maximum Gasteiger partial charge on any atom is 0.317 e. The van der Waals surface area contributed by atoms with Gasteiger partial charge in [-0.05, 0) is 25.2 Å². The molecule has 1 aliphatic rings. The van der Waals surface area contributed by atoms with Crippen molar-refractivity contribution in [3.8, 4) is 0 Å². The van der Waals surface area contributed by atoms with Gasteiger partial charge in [-0.25, -0.2) is 4.79 Å². The summed E-state index contributed by atoms with van der Waals surface area (Å²) < 4.78 is 0. The molecule has 0 saturated heterocycles. The van der Waals surface area contributed by atoms with Gasteiger partial charge in [-0.1, -0.05) is 33.6 Å². The normalized spacial score (nSPS) is 17.2. The summed E-state index contributed by atoms with van der Waals surface area (Å²) in [5.74, 6) is -0.784. The highest BCUT2D eigenvalue weighted by molar-refractivity contribution is 5.74. The van der Waals surface area contributed by atoms with Crippen LogP contribution in [0, 0.1) is 11.8 Å². The van der Waals surface area contributed by atoms with Crippen LogP contribution in [-0.4, -0.2) is 41.1 Å². The number of rotatable bonds is 7. The molecular weight excluding hydrogens is 256 g/mol. The molecule has 0 spiro atoms. The maximum absolute atomic E-state index is 12.3. The fraction of sp³-hybridized carbons (Fsp3) is 0.867. The van der Waals surface area contributed by atoms with Gasteiger partial charge >= 0.3 is 12.0 Å². The van der Waals surface area contributed by atoms with Gasteiger partial charge in [-0.15, -0.1) is 0 Å². The van der Waals surface area contributed by atoms with Gasteiger partial charge in [0.2, 0.25) is 0 Å². The number of nitrogens with zero attached hydrogens (tertiary/aromatic N) is 1. The Bertz CT molecular complexity index is 325. The van der Waals surface area contributed by atoms with E-state index in [1.165, 1.54) is 12.8 Å². The number of aliphatic carboxylic acids is 1. The van der Waals surface area contributed by atoms with Crippen molar-refractivity contribution in [2.75, 3.05) is 13.1 Å². The fourth-order valence-corrected chi connectivity index (χ4v) is 2.63. The second kappa shape index (κ2) is 8.12. The van der Waals surface area contributed by atoms with Gasteiger partial charge in [-0.3, -0.25) is 4.79 Å². The molecule has 1 unspecified atom stereocenters. The maximum atomic E-state index is 12.3. The molecule has 0 heterocycles. The SMILES string of the molecule is CC(C)CN(C(=O)NCCC(C)C(=O)O)C1CCCC1. The zero-order valence-corrected chi connectivity index (χ0v) is 12.9. The van der Waals surface area contributed by atoms with Crippen molar-refractivity contribution < 1.29 is 14.7 Å². The predicted molar refractivity (Wildman–Crippen MR) is 78.6 cm³/mol. The first-order valence-corrected chi connectivity index (χ1v) is 7.69. The highest BCUT2D eigenvalue weighted by Gasteiger charge is 2.27. The zero-order valence-electron chi connectivity index (χ0n) is 12.9. The van der Waals surface area contributed by atoms with Crippen LogP contribution < -0.4 is 5.32 Å². The van der Waals surface area contributed by atoms with Crippen molar-refractivity contribution in [2.45, 2.75) is 58.9 Å². The molecule has 0 aliphatic heterocycles.